The van der Waals surface area contributed by atoms with Gasteiger partial charge in [-0.05, 0) is 18.8 Å². The molecule has 0 aliphatic rings. The third kappa shape index (κ3) is 3.29. The zero-order chi connectivity index (χ0) is 9.07. The highest BCUT2D eigenvalue weighted by atomic mass is 35.5. The number of hydrogen-bond donors (Lipinski definition) is 0. The Kier molecular flexibility index (Phi) is 4.17. The van der Waals surface area contributed by atoms with Crippen LogP contribution in [-0.4, -0.2) is 5.38 Å². The van der Waals surface area contributed by atoms with Gasteiger partial charge in [-0.25, -0.2) is 0 Å². The van der Waals surface area contributed by atoms with E-state index in [-0.39, 0.29) is 10.8 Å². The van der Waals surface area contributed by atoms with Crippen molar-refractivity contribution in [1.29, 1.82) is 0 Å². The van der Waals surface area contributed by atoms with Gasteiger partial charge >= 0.3 is 0 Å². The molecule has 1 unspecified atom stereocenters. The monoisotopic (exact) mass is 174 g/mol. The first-order valence-electron chi connectivity index (χ1n) is 4.21. The summed E-state index contributed by atoms with van der Waals surface area (Å²) in [6.07, 6.45) is 2.34. The molecule has 0 bridgehead atoms. The first-order valence-corrected chi connectivity index (χ1v) is 4.65. The van der Waals surface area contributed by atoms with Gasteiger partial charge in [-0.2, -0.15) is 0 Å². The Morgan fingerprint density at radius 3 is 2.27 bits per heavy atom. The maximum Gasteiger partial charge on any atom is 0.0590 e. The second kappa shape index (κ2) is 4.15. The van der Waals surface area contributed by atoms with Gasteiger partial charge in [0.1, 0.15) is 0 Å². The number of allylic oxidation sites excluding steroid dienone is 1. The van der Waals surface area contributed by atoms with E-state index in [1.54, 1.807) is 0 Å². The van der Waals surface area contributed by atoms with E-state index in [0.717, 1.165) is 12.0 Å². The SMILES string of the molecule is C=C(C)C(Cl)C(C)(C)CCC. The summed E-state index contributed by atoms with van der Waals surface area (Å²) in [5.74, 6) is 0. The van der Waals surface area contributed by atoms with Crippen LogP contribution in [0.5, 0.6) is 0 Å². The van der Waals surface area contributed by atoms with Crippen LogP contribution >= 0.6 is 11.6 Å². The maximum atomic E-state index is 6.19. The number of hydrogen-bond acceptors (Lipinski definition) is 0. The Morgan fingerprint density at radius 2 is 2.00 bits per heavy atom. The molecule has 0 aromatic carbocycles. The molecule has 0 fully saturated rings. The van der Waals surface area contributed by atoms with Crippen molar-refractivity contribution in [3.8, 4) is 0 Å². The largest absolute Gasteiger partial charge is 0.118 e. The lowest BCUT2D eigenvalue weighted by Gasteiger charge is -2.29. The van der Waals surface area contributed by atoms with Crippen LogP contribution in [0.4, 0.5) is 0 Å². The molecular formula is C10H19Cl. The molecule has 0 saturated heterocycles. The highest BCUT2D eigenvalue weighted by molar-refractivity contribution is 6.22. The minimum absolute atomic E-state index is 0.113. The third-order valence-corrected chi connectivity index (χ3v) is 2.98. The summed E-state index contributed by atoms with van der Waals surface area (Å²) < 4.78 is 0. The van der Waals surface area contributed by atoms with Crippen LogP contribution in [0, 0.1) is 5.41 Å². The predicted molar refractivity (Wildman–Crippen MR) is 53.1 cm³/mol. The minimum atomic E-state index is 0.113. The Balaban J connectivity index is 4.16. The van der Waals surface area contributed by atoms with E-state index in [4.69, 9.17) is 11.6 Å². The molecule has 0 aliphatic heterocycles. The average molecular weight is 175 g/mol. The molecule has 0 nitrogen and oxygen atoms in total. The van der Waals surface area contributed by atoms with Crippen molar-refractivity contribution in [2.45, 2.75) is 45.9 Å². The lowest BCUT2D eigenvalue weighted by molar-refractivity contribution is 0.334. The van der Waals surface area contributed by atoms with Crippen LogP contribution in [0.25, 0.3) is 0 Å². The molecule has 0 N–H and O–H groups in total. The van der Waals surface area contributed by atoms with Crippen molar-refractivity contribution in [2.75, 3.05) is 0 Å². The van der Waals surface area contributed by atoms with Crippen LogP contribution < -0.4 is 0 Å². The van der Waals surface area contributed by atoms with Crippen molar-refractivity contribution in [1.82, 2.24) is 0 Å². The first kappa shape index (κ1) is 11.0. The molecule has 0 saturated carbocycles. The Labute approximate surface area is 75.6 Å². The average Bonchev–Trinajstić information content (AvgIpc) is 1.86. The van der Waals surface area contributed by atoms with E-state index in [1.807, 2.05) is 6.92 Å². The second-order valence-electron chi connectivity index (χ2n) is 3.95. The summed E-state index contributed by atoms with van der Waals surface area (Å²) in [6, 6.07) is 0. The molecule has 0 radical (unpaired) electrons. The summed E-state index contributed by atoms with van der Waals surface area (Å²) >= 11 is 6.19. The molecule has 1 heteroatoms. The zero-order valence-corrected chi connectivity index (χ0v) is 8.83. The number of halogens is 1. The maximum absolute atomic E-state index is 6.19. The van der Waals surface area contributed by atoms with Crippen LogP contribution in [0.2, 0.25) is 0 Å². The minimum Gasteiger partial charge on any atom is -0.118 e. The molecule has 0 aromatic heterocycles. The lowest BCUT2D eigenvalue weighted by Crippen LogP contribution is -2.25. The predicted octanol–water partition coefficient (Wildman–Crippen LogP) is 4.00. The van der Waals surface area contributed by atoms with E-state index in [1.165, 1.54) is 6.42 Å². The number of rotatable bonds is 4. The fourth-order valence-corrected chi connectivity index (χ4v) is 1.55. The van der Waals surface area contributed by atoms with Gasteiger partial charge in [0.25, 0.3) is 0 Å². The molecule has 11 heavy (non-hydrogen) atoms. The molecule has 0 aromatic rings. The fraction of sp³-hybridized carbons (Fsp3) is 0.800. The molecule has 0 amide bonds. The van der Waals surface area contributed by atoms with Crippen LogP contribution in [0.3, 0.4) is 0 Å². The lowest BCUT2D eigenvalue weighted by atomic mass is 9.82. The summed E-state index contributed by atoms with van der Waals surface area (Å²) in [5, 5.41) is 0.113. The summed E-state index contributed by atoms with van der Waals surface area (Å²) in [4.78, 5) is 0. The highest BCUT2D eigenvalue weighted by Gasteiger charge is 2.26. The van der Waals surface area contributed by atoms with Gasteiger partial charge in [-0.3, -0.25) is 0 Å². The van der Waals surface area contributed by atoms with Gasteiger partial charge in [-0.1, -0.05) is 39.3 Å². The molecule has 0 spiro atoms. The highest BCUT2D eigenvalue weighted by Crippen LogP contribution is 2.34. The van der Waals surface area contributed by atoms with Crippen molar-refractivity contribution in [3.63, 3.8) is 0 Å². The standard InChI is InChI=1S/C10H19Cl/c1-6-7-10(4,5)9(11)8(2)3/h9H,2,6-7H2,1,3-5H3. The van der Waals surface area contributed by atoms with Crippen LogP contribution in [-0.2, 0) is 0 Å². The van der Waals surface area contributed by atoms with E-state index in [9.17, 15) is 0 Å². The van der Waals surface area contributed by atoms with Gasteiger partial charge in [0.2, 0.25) is 0 Å². The van der Waals surface area contributed by atoms with Gasteiger partial charge in [-0.15, -0.1) is 11.6 Å². The zero-order valence-electron chi connectivity index (χ0n) is 8.08. The first-order chi connectivity index (χ1) is 4.91. The van der Waals surface area contributed by atoms with Gasteiger partial charge in [0, 0.05) is 0 Å². The Hall–Kier alpha value is 0.0300. The van der Waals surface area contributed by atoms with E-state index < -0.39 is 0 Å². The second-order valence-corrected chi connectivity index (χ2v) is 4.38. The topological polar surface area (TPSA) is 0 Å². The molecule has 0 rings (SSSR count). The third-order valence-electron chi connectivity index (χ3n) is 2.01. The van der Waals surface area contributed by atoms with E-state index in [0.29, 0.717) is 0 Å². The summed E-state index contributed by atoms with van der Waals surface area (Å²) in [6.45, 7) is 12.4. The Morgan fingerprint density at radius 1 is 1.55 bits per heavy atom. The van der Waals surface area contributed by atoms with Crippen LogP contribution in [0.15, 0.2) is 12.2 Å². The molecule has 0 aliphatic carbocycles. The van der Waals surface area contributed by atoms with Crippen LogP contribution in [0.1, 0.15) is 40.5 Å². The Bertz CT molecular complexity index is 136. The van der Waals surface area contributed by atoms with E-state index in [2.05, 4.69) is 27.4 Å². The smallest absolute Gasteiger partial charge is 0.0590 e. The van der Waals surface area contributed by atoms with Gasteiger partial charge in [0.05, 0.1) is 5.38 Å². The van der Waals surface area contributed by atoms with Gasteiger partial charge in [0.15, 0.2) is 0 Å². The quantitative estimate of drug-likeness (QED) is 0.447. The molecular weight excluding hydrogens is 156 g/mol. The molecule has 66 valence electrons. The summed E-state index contributed by atoms with van der Waals surface area (Å²) in [5.41, 5.74) is 1.27. The van der Waals surface area contributed by atoms with Crippen molar-refractivity contribution in [3.05, 3.63) is 12.2 Å². The van der Waals surface area contributed by atoms with Crippen molar-refractivity contribution in [2.24, 2.45) is 5.41 Å². The van der Waals surface area contributed by atoms with Crippen molar-refractivity contribution < 1.29 is 0 Å². The van der Waals surface area contributed by atoms with Crippen molar-refractivity contribution >= 4 is 11.6 Å². The summed E-state index contributed by atoms with van der Waals surface area (Å²) in [7, 11) is 0. The van der Waals surface area contributed by atoms with E-state index >= 15 is 0 Å². The number of alkyl halides is 1. The van der Waals surface area contributed by atoms with Gasteiger partial charge < -0.3 is 0 Å². The normalized spacial score (nSPS) is 14.6. The molecule has 0 heterocycles. The molecule has 1 atom stereocenters. The fourth-order valence-electron chi connectivity index (χ4n) is 1.44.